The summed E-state index contributed by atoms with van der Waals surface area (Å²) in [6.45, 7) is 0.0641. The van der Waals surface area contributed by atoms with Crippen LogP contribution in [0.5, 0.6) is 0 Å². The maximum Gasteiger partial charge on any atom is 0.355 e. The number of carbonyl (C=O) groups excluding carboxylic acids is 3. The van der Waals surface area contributed by atoms with Crippen LogP contribution in [0.2, 0.25) is 0 Å². The van der Waals surface area contributed by atoms with Gasteiger partial charge in [-0.25, -0.2) is 9.69 Å². The fraction of sp³-hybridized carbons (Fsp3) is 0.158. The van der Waals surface area contributed by atoms with Crippen molar-refractivity contribution in [3.8, 4) is 0 Å². The number of ether oxygens (including phenoxy) is 1. The van der Waals surface area contributed by atoms with Crippen LogP contribution in [0.15, 0.2) is 64.2 Å². The van der Waals surface area contributed by atoms with E-state index in [4.69, 9.17) is 4.74 Å². The maximum absolute atomic E-state index is 12.8. The van der Waals surface area contributed by atoms with Crippen LogP contribution in [-0.2, 0) is 25.7 Å². The normalized spacial score (nSPS) is 20.9. The minimum Gasteiger partial charge on any atom is -0.456 e. The van der Waals surface area contributed by atoms with Crippen molar-refractivity contribution in [2.75, 3.05) is 4.90 Å². The molecule has 2 aliphatic rings. The van der Waals surface area contributed by atoms with Gasteiger partial charge in [-0.05, 0) is 29.8 Å². The third-order valence-corrected chi connectivity index (χ3v) is 4.96. The number of anilines is 1. The van der Waals surface area contributed by atoms with Gasteiger partial charge in [-0.3, -0.25) is 15.0 Å². The summed E-state index contributed by atoms with van der Waals surface area (Å²) < 4.78 is 6.09. The lowest BCUT2D eigenvalue weighted by Gasteiger charge is -2.15. The molecule has 2 aromatic carbocycles. The fourth-order valence-electron chi connectivity index (χ4n) is 3.10. The molecule has 0 aromatic heterocycles. The molecular formula is C19H14BrN3O4. The van der Waals surface area contributed by atoms with Gasteiger partial charge in [0.15, 0.2) is 5.71 Å². The van der Waals surface area contributed by atoms with Crippen molar-refractivity contribution < 1.29 is 19.1 Å². The Bertz CT molecular complexity index is 943. The molecule has 1 saturated heterocycles. The molecule has 2 aliphatic heterocycles. The van der Waals surface area contributed by atoms with Gasteiger partial charge in [-0.15, -0.1) is 0 Å². The molecule has 2 amide bonds. The number of benzene rings is 2. The molecule has 4 rings (SSSR count). The first kappa shape index (κ1) is 17.4. The first-order valence-corrected chi connectivity index (χ1v) is 9.03. The summed E-state index contributed by atoms with van der Waals surface area (Å²) in [6.07, 6.45) is 0. The average Bonchev–Trinajstić information content (AvgIpc) is 3.22. The number of amides is 2. The zero-order valence-electron chi connectivity index (χ0n) is 14.0. The number of carbonyl (C=O) groups is 3. The number of esters is 1. The van der Waals surface area contributed by atoms with Gasteiger partial charge in [0, 0.05) is 4.47 Å². The van der Waals surface area contributed by atoms with Gasteiger partial charge < -0.3 is 4.74 Å². The SMILES string of the molecule is O=C(OCc1ccccc1)C1=NN[C@@H]2C(=O)N(c3ccc(Br)cc3)C(=O)[C@@H]12. The molecule has 0 saturated carbocycles. The average molecular weight is 428 g/mol. The largest absolute Gasteiger partial charge is 0.456 e. The Morgan fingerprint density at radius 3 is 2.48 bits per heavy atom. The number of hydrogen-bond donors (Lipinski definition) is 1. The number of nitrogens with zero attached hydrogens (tertiary/aromatic N) is 2. The number of nitrogens with one attached hydrogen (secondary N) is 1. The topological polar surface area (TPSA) is 88.1 Å². The van der Waals surface area contributed by atoms with Crippen LogP contribution in [0.3, 0.4) is 0 Å². The molecule has 0 aliphatic carbocycles. The van der Waals surface area contributed by atoms with Gasteiger partial charge in [-0.1, -0.05) is 46.3 Å². The second kappa shape index (κ2) is 6.96. The van der Waals surface area contributed by atoms with Gasteiger partial charge in [0.25, 0.3) is 5.91 Å². The Balaban J connectivity index is 1.51. The van der Waals surface area contributed by atoms with Crippen molar-refractivity contribution in [1.29, 1.82) is 0 Å². The summed E-state index contributed by atoms with van der Waals surface area (Å²) in [5.74, 6) is -2.63. The Morgan fingerprint density at radius 1 is 1.07 bits per heavy atom. The number of fused-ring (bicyclic) bond motifs is 1. The fourth-order valence-corrected chi connectivity index (χ4v) is 3.36. The molecule has 8 heteroatoms. The van der Waals surface area contributed by atoms with Crippen molar-refractivity contribution in [2.24, 2.45) is 11.0 Å². The van der Waals surface area contributed by atoms with Crippen molar-refractivity contribution in [1.82, 2.24) is 5.43 Å². The van der Waals surface area contributed by atoms with Crippen molar-refractivity contribution in [3.63, 3.8) is 0 Å². The summed E-state index contributed by atoms with van der Waals surface area (Å²) in [7, 11) is 0. The smallest absolute Gasteiger partial charge is 0.355 e. The molecule has 27 heavy (non-hydrogen) atoms. The van der Waals surface area contributed by atoms with Crippen LogP contribution in [0, 0.1) is 5.92 Å². The zero-order valence-corrected chi connectivity index (χ0v) is 15.5. The summed E-state index contributed by atoms with van der Waals surface area (Å²) >= 11 is 3.32. The van der Waals surface area contributed by atoms with Gasteiger partial charge in [0.05, 0.1) is 5.69 Å². The lowest BCUT2D eigenvalue weighted by Crippen LogP contribution is -2.36. The van der Waals surface area contributed by atoms with Crippen molar-refractivity contribution in [3.05, 3.63) is 64.6 Å². The molecular weight excluding hydrogens is 414 g/mol. The minimum absolute atomic E-state index is 0.0641. The number of hydrazone groups is 1. The van der Waals surface area contributed by atoms with E-state index >= 15 is 0 Å². The van der Waals surface area contributed by atoms with E-state index in [9.17, 15) is 14.4 Å². The van der Waals surface area contributed by atoms with Gasteiger partial charge in [0.2, 0.25) is 5.91 Å². The van der Waals surface area contributed by atoms with E-state index in [1.807, 2.05) is 30.3 Å². The quantitative estimate of drug-likeness (QED) is 0.595. The van der Waals surface area contributed by atoms with E-state index in [1.165, 1.54) is 0 Å². The highest BCUT2D eigenvalue weighted by molar-refractivity contribution is 9.10. The Hall–Kier alpha value is -3.00. The monoisotopic (exact) mass is 427 g/mol. The van der Waals surface area contributed by atoms with Gasteiger partial charge in [-0.2, -0.15) is 5.10 Å². The Morgan fingerprint density at radius 2 is 1.78 bits per heavy atom. The molecule has 1 fully saturated rings. The molecule has 0 radical (unpaired) electrons. The highest BCUT2D eigenvalue weighted by Crippen LogP contribution is 2.31. The summed E-state index contributed by atoms with van der Waals surface area (Å²) in [5.41, 5.74) is 3.79. The predicted octanol–water partition coefficient (Wildman–Crippen LogP) is 2.01. The van der Waals surface area contributed by atoms with Gasteiger partial charge >= 0.3 is 5.97 Å². The molecule has 2 atom stereocenters. The molecule has 2 heterocycles. The van der Waals surface area contributed by atoms with E-state index < -0.39 is 29.7 Å². The lowest BCUT2D eigenvalue weighted by molar-refractivity contribution is -0.137. The molecule has 0 spiro atoms. The summed E-state index contributed by atoms with van der Waals surface area (Å²) in [5, 5.41) is 3.89. The van der Waals surface area contributed by atoms with Crippen LogP contribution in [0.1, 0.15) is 5.56 Å². The predicted molar refractivity (Wildman–Crippen MR) is 101 cm³/mol. The molecule has 0 unspecified atom stereocenters. The van der Waals surface area contributed by atoms with E-state index in [2.05, 4.69) is 26.5 Å². The van der Waals surface area contributed by atoms with Crippen LogP contribution in [-0.4, -0.2) is 29.5 Å². The van der Waals surface area contributed by atoms with Gasteiger partial charge in [0.1, 0.15) is 18.6 Å². The Labute approximate surface area is 163 Å². The van der Waals surface area contributed by atoms with Crippen LogP contribution in [0.4, 0.5) is 5.69 Å². The molecule has 136 valence electrons. The van der Waals surface area contributed by atoms with Crippen molar-refractivity contribution >= 4 is 45.1 Å². The summed E-state index contributed by atoms with van der Waals surface area (Å²) in [4.78, 5) is 39.0. The van der Waals surface area contributed by atoms with Crippen LogP contribution in [0.25, 0.3) is 0 Å². The first-order chi connectivity index (χ1) is 13.1. The third kappa shape index (κ3) is 3.12. The third-order valence-electron chi connectivity index (χ3n) is 4.43. The molecule has 7 nitrogen and oxygen atoms in total. The number of hydrogen-bond acceptors (Lipinski definition) is 6. The highest BCUT2D eigenvalue weighted by Gasteiger charge is 2.55. The van der Waals surface area contributed by atoms with Crippen molar-refractivity contribution in [2.45, 2.75) is 12.6 Å². The van der Waals surface area contributed by atoms with E-state index in [0.29, 0.717) is 5.69 Å². The molecule has 2 aromatic rings. The second-order valence-electron chi connectivity index (χ2n) is 6.13. The van der Waals surface area contributed by atoms with Crippen LogP contribution < -0.4 is 10.3 Å². The number of imide groups is 1. The maximum atomic E-state index is 12.8. The lowest BCUT2D eigenvalue weighted by atomic mass is 9.99. The minimum atomic E-state index is -0.982. The molecule has 0 bridgehead atoms. The number of halogens is 1. The zero-order chi connectivity index (χ0) is 19.0. The van der Waals surface area contributed by atoms with E-state index in [1.54, 1.807) is 24.3 Å². The standard InChI is InChI=1S/C19H14BrN3O4/c20-12-6-8-13(9-7-12)23-17(24)14-15(18(23)25)21-22-16(14)19(26)27-10-11-4-2-1-3-5-11/h1-9,14-15,21H,10H2/t14-,15+/m1/s1. The van der Waals surface area contributed by atoms with E-state index in [-0.39, 0.29) is 12.3 Å². The van der Waals surface area contributed by atoms with Crippen LogP contribution >= 0.6 is 15.9 Å². The number of rotatable bonds is 4. The second-order valence-corrected chi connectivity index (χ2v) is 7.05. The summed E-state index contributed by atoms with van der Waals surface area (Å²) in [6, 6.07) is 15.1. The first-order valence-electron chi connectivity index (χ1n) is 8.24. The molecule has 1 N–H and O–H groups in total. The highest BCUT2D eigenvalue weighted by atomic mass is 79.9. The Kier molecular flexibility index (Phi) is 4.49. The van der Waals surface area contributed by atoms with E-state index in [0.717, 1.165) is 14.9 Å².